The Balaban J connectivity index is 2.50. The quantitative estimate of drug-likeness (QED) is 0.660. The number of rotatable bonds is 5. The van der Waals surface area contributed by atoms with Crippen LogP contribution < -0.4 is 0 Å². The first kappa shape index (κ1) is 19.1. The fourth-order valence-corrected chi connectivity index (χ4v) is 2.46. The van der Waals surface area contributed by atoms with Crippen LogP contribution in [0.4, 0.5) is 11.4 Å². The monoisotopic (exact) mass is 342 g/mol. The zero-order valence-corrected chi connectivity index (χ0v) is 15.6. The number of aliphatic imine (C=N–C) groups is 2. The molecule has 4 nitrogen and oxygen atoms in total. The molecular weight excluding hydrogens is 320 g/mol. The highest BCUT2D eigenvalue weighted by Gasteiger charge is 2.45. The van der Waals surface area contributed by atoms with Crippen LogP contribution in [0, 0.1) is 33.5 Å². The van der Waals surface area contributed by atoms with Crippen molar-refractivity contribution in [2.24, 2.45) is 20.8 Å². The summed E-state index contributed by atoms with van der Waals surface area (Å²) in [4.78, 5) is 9.06. The number of nitrogens with zero attached hydrogens (tertiary/aromatic N) is 4. The number of nitriles is 2. The van der Waals surface area contributed by atoms with Crippen LogP contribution >= 0.6 is 0 Å². The van der Waals surface area contributed by atoms with Gasteiger partial charge in [-0.15, -0.1) is 0 Å². The molecule has 0 heterocycles. The second kappa shape index (κ2) is 7.76. The van der Waals surface area contributed by atoms with E-state index in [-0.39, 0.29) is 0 Å². The van der Waals surface area contributed by atoms with Crippen LogP contribution in [-0.4, -0.2) is 11.4 Å². The van der Waals surface area contributed by atoms with Gasteiger partial charge in [0.2, 0.25) is 0 Å². The Kier molecular flexibility index (Phi) is 5.70. The average Bonchev–Trinajstić information content (AvgIpc) is 2.65. The standard InChI is InChI=1S/C22H22N4/c1-21(2,19(15-23)25-17-11-7-5-8-12-17)22(3,4)20(16-24)26-18-13-9-6-10-14-18/h5-14H,1-4H3. The van der Waals surface area contributed by atoms with Crippen LogP contribution in [-0.2, 0) is 0 Å². The molecule has 130 valence electrons. The summed E-state index contributed by atoms with van der Waals surface area (Å²) in [6.45, 7) is 7.71. The van der Waals surface area contributed by atoms with E-state index in [0.29, 0.717) is 22.8 Å². The van der Waals surface area contributed by atoms with Crippen molar-refractivity contribution in [2.45, 2.75) is 27.7 Å². The molecule has 26 heavy (non-hydrogen) atoms. The molecule has 0 amide bonds. The van der Waals surface area contributed by atoms with Crippen molar-refractivity contribution in [1.29, 1.82) is 10.5 Å². The molecule has 0 N–H and O–H groups in total. The summed E-state index contributed by atoms with van der Waals surface area (Å²) in [5.74, 6) is 0. The Labute approximate surface area is 155 Å². The summed E-state index contributed by atoms with van der Waals surface area (Å²) in [7, 11) is 0. The maximum absolute atomic E-state index is 9.73. The summed E-state index contributed by atoms with van der Waals surface area (Å²) in [6, 6.07) is 23.2. The number of para-hydroxylation sites is 2. The molecule has 0 radical (unpaired) electrons. The van der Waals surface area contributed by atoms with Gasteiger partial charge in [0.1, 0.15) is 23.6 Å². The van der Waals surface area contributed by atoms with Crippen molar-refractivity contribution in [3.05, 3.63) is 60.7 Å². The molecule has 0 spiro atoms. The van der Waals surface area contributed by atoms with E-state index in [1.807, 2.05) is 88.4 Å². The first-order valence-electron chi connectivity index (χ1n) is 8.41. The lowest BCUT2D eigenvalue weighted by Crippen LogP contribution is -2.44. The van der Waals surface area contributed by atoms with Gasteiger partial charge in [-0.2, -0.15) is 10.5 Å². The van der Waals surface area contributed by atoms with Crippen molar-refractivity contribution in [3.8, 4) is 12.1 Å². The molecule has 2 aromatic carbocycles. The zero-order valence-electron chi connectivity index (χ0n) is 15.6. The smallest absolute Gasteiger partial charge is 0.124 e. The van der Waals surface area contributed by atoms with E-state index in [4.69, 9.17) is 0 Å². The number of hydrogen-bond donors (Lipinski definition) is 0. The third-order valence-corrected chi connectivity index (χ3v) is 4.95. The van der Waals surface area contributed by atoms with Gasteiger partial charge in [-0.1, -0.05) is 64.1 Å². The third kappa shape index (κ3) is 3.87. The molecule has 0 unspecified atom stereocenters. The van der Waals surface area contributed by atoms with Crippen LogP contribution in [0.15, 0.2) is 70.6 Å². The lowest BCUT2D eigenvalue weighted by atomic mass is 9.63. The SMILES string of the molecule is CC(C)(C(C#N)=Nc1ccccc1)C(C)(C)C(C#N)=Nc1ccccc1. The molecule has 0 atom stereocenters. The summed E-state index contributed by atoms with van der Waals surface area (Å²) < 4.78 is 0. The Morgan fingerprint density at radius 1 is 0.654 bits per heavy atom. The molecule has 0 fully saturated rings. The maximum Gasteiger partial charge on any atom is 0.124 e. The highest BCUT2D eigenvalue weighted by atomic mass is 14.8. The fraction of sp³-hybridized carbons (Fsp3) is 0.273. The Morgan fingerprint density at radius 2 is 0.962 bits per heavy atom. The van der Waals surface area contributed by atoms with Gasteiger partial charge in [0.25, 0.3) is 0 Å². The second-order valence-corrected chi connectivity index (χ2v) is 7.07. The van der Waals surface area contributed by atoms with E-state index in [2.05, 4.69) is 22.1 Å². The van der Waals surface area contributed by atoms with E-state index in [1.165, 1.54) is 0 Å². The van der Waals surface area contributed by atoms with Gasteiger partial charge in [-0.3, -0.25) is 0 Å². The zero-order chi connectivity index (χ0) is 19.2. The highest BCUT2D eigenvalue weighted by Crippen LogP contribution is 2.42. The van der Waals surface area contributed by atoms with Crippen molar-refractivity contribution < 1.29 is 0 Å². The Hall–Kier alpha value is -3.24. The van der Waals surface area contributed by atoms with E-state index in [1.54, 1.807) is 0 Å². The predicted molar refractivity (Wildman–Crippen MR) is 106 cm³/mol. The van der Waals surface area contributed by atoms with Gasteiger partial charge in [-0.05, 0) is 24.3 Å². The molecule has 0 saturated carbocycles. The minimum Gasteiger partial charge on any atom is -0.242 e. The summed E-state index contributed by atoms with van der Waals surface area (Å²) in [6.07, 6.45) is 0. The van der Waals surface area contributed by atoms with E-state index >= 15 is 0 Å². The molecule has 0 aliphatic heterocycles. The minimum absolute atomic E-state index is 0.365. The molecular formula is C22H22N4. The molecule has 0 aliphatic rings. The van der Waals surface area contributed by atoms with E-state index in [0.717, 1.165) is 0 Å². The predicted octanol–water partition coefficient (Wildman–Crippen LogP) is 5.63. The topological polar surface area (TPSA) is 72.3 Å². The molecule has 2 rings (SSSR count). The second-order valence-electron chi connectivity index (χ2n) is 7.07. The van der Waals surface area contributed by atoms with E-state index < -0.39 is 10.8 Å². The first-order chi connectivity index (χ1) is 12.3. The van der Waals surface area contributed by atoms with Crippen LogP contribution in [0.2, 0.25) is 0 Å². The van der Waals surface area contributed by atoms with Crippen molar-refractivity contribution in [2.75, 3.05) is 0 Å². The lowest BCUT2D eigenvalue weighted by molar-refractivity contribution is 0.290. The van der Waals surface area contributed by atoms with Crippen molar-refractivity contribution >= 4 is 22.8 Å². The van der Waals surface area contributed by atoms with Gasteiger partial charge in [0.05, 0.1) is 11.4 Å². The fourth-order valence-electron chi connectivity index (χ4n) is 2.46. The van der Waals surface area contributed by atoms with Gasteiger partial charge in [-0.25, -0.2) is 9.98 Å². The number of benzene rings is 2. The van der Waals surface area contributed by atoms with Gasteiger partial charge in [0.15, 0.2) is 0 Å². The van der Waals surface area contributed by atoms with Crippen LogP contribution in [0.1, 0.15) is 27.7 Å². The van der Waals surface area contributed by atoms with Crippen molar-refractivity contribution in [1.82, 2.24) is 0 Å². The molecule has 0 aliphatic carbocycles. The third-order valence-electron chi connectivity index (χ3n) is 4.95. The molecule has 4 heteroatoms. The normalized spacial score (nSPS) is 13.0. The summed E-state index contributed by atoms with van der Waals surface area (Å²) >= 11 is 0. The van der Waals surface area contributed by atoms with Gasteiger partial charge < -0.3 is 0 Å². The maximum atomic E-state index is 9.73. The lowest BCUT2D eigenvalue weighted by Gasteiger charge is -2.39. The van der Waals surface area contributed by atoms with Crippen molar-refractivity contribution in [3.63, 3.8) is 0 Å². The average molecular weight is 342 g/mol. The van der Waals surface area contributed by atoms with Crippen LogP contribution in [0.25, 0.3) is 0 Å². The number of hydrogen-bond acceptors (Lipinski definition) is 4. The molecule has 0 bridgehead atoms. The van der Waals surface area contributed by atoms with E-state index in [9.17, 15) is 10.5 Å². The Morgan fingerprint density at radius 3 is 1.23 bits per heavy atom. The van der Waals surface area contributed by atoms with Gasteiger partial charge in [0, 0.05) is 10.8 Å². The molecule has 0 aromatic heterocycles. The minimum atomic E-state index is -0.694. The summed E-state index contributed by atoms with van der Waals surface area (Å²) in [5.41, 5.74) is 0.772. The molecule has 0 saturated heterocycles. The Bertz CT molecular complexity index is 815. The largest absolute Gasteiger partial charge is 0.242 e. The highest BCUT2D eigenvalue weighted by molar-refractivity contribution is 6.12. The van der Waals surface area contributed by atoms with Crippen LogP contribution in [0.3, 0.4) is 0 Å². The molecule has 2 aromatic rings. The van der Waals surface area contributed by atoms with Crippen LogP contribution in [0.5, 0.6) is 0 Å². The first-order valence-corrected chi connectivity index (χ1v) is 8.41. The summed E-state index contributed by atoms with van der Waals surface area (Å²) in [5, 5.41) is 19.5. The van der Waals surface area contributed by atoms with Gasteiger partial charge >= 0.3 is 0 Å².